The summed E-state index contributed by atoms with van der Waals surface area (Å²) in [5.74, 6) is -2.18. The van der Waals surface area contributed by atoms with E-state index in [2.05, 4.69) is 10.6 Å². The van der Waals surface area contributed by atoms with Crippen LogP contribution < -0.4 is 16.4 Å². The predicted molar refractivity (Wildman–Crippen MR) is 73.6 cm³/mol. The van der Waals surface area contributed by atoms with E-state index in [4.69, 9.17) is 22.4 Å². The van der Waals surface area contributed by atoms with Gasteiger partial charge in [-0.25, -0.2) is 9.59 Å². The monoisotopic (exact) mass is 299 g/mol. The number of amides is 3. The average Bonchev–Trinajstić information content (AvgIpc) is 2.32. The van der Waals surface area contributed by atoms with E-state index in [1.165, 1.54) is 0 Å². The summed E-state index contributed by atoms with van der Waals surface area (Å²) in [5.41, 5.74) is 6.00. The number of benzene rings is 1. The maximum absolute atomic E-state index is 11.7. The number of carbonyl (C=O) groups is 3. The van der Waals surface area contributed by atoms with E-state index < -0.39 is 30.4 Å². The summed E-state index contributed by atoms with van der Waals surface area (Å²) in [6.07, 6.45) is -0.496. The number of nitrogens with one attached hydrogen (secondary N) is 2. The molecular formula is C12H14ClN3O4. The van der Waals surface area contributed by atoms with Crippen molar-refractivity contribution in [3.05, 3.63) is 28.8 Å². The highest BCUT2D eigenvalue weighted by Gasteiger charge is 2.22. The number of para-hydroxylation sites is 1. The van der Waals surface area contributed by atoms with Crippen LogP contribution in [-0.2, 0) is 9.59 Å². The number of halogens is 1. The van der Waals surface area contributed by atoms with Crippen molar-refractivity contribution >= 4 is 35.2 Å². The normalized spacial score (nSPS) is 11.5. The van der Waals surface area contributed by atoms with Gasteiger partial charge in [-0.2, -0.15) is 0 Å². The van der Waals surface area contributed by atoms with Crippen LogP contribution in [0.2, 0.25) is 5.02 Å². The Morgan fingerprint density at radius 2 is 2.05 bits per heavy atom. The maximum Gasteiger partial charge on any atom is 0.326 e. The smallest absolute Gasteiger partial charge is 0.326 e. The molecule has 5 N–H and O–H groups in total. The van der Waals surface area contributed by atoms with Gasteiger partial charge < -0.3 is 21.5 Å². The maximum atomic E-state index is 11.7. The lowest BCUT2D eigenvalue weighted by atomic mass is 10.2. The van der Waals surface area contributed by atoms with E-state index in [0.29, 0.717) is 10.7 Å². The van der Waals surface area contributed by atoms with Crippen molar-refractivity contribution < 1.29 is 19.5 Å². The number of nitrogens with two attached hydrogens (primary N) is 1. The van der Waals surface area contributed by atoms with Crippen molar-refractivity contribution in [3.63, 3.8) is 0 Å². The number of hydrogen-bond acceptors (Lipinski definition) is 3. The molecule has 0 aromatic heterocycles. The number of carboxylic acid groups (broad SMARTS) is 1. The van der Waals surface area contributed by atoms with E-state index in [1.807, 2.05) is 0 Å². The summed E-state index contributed by atoms with van der Waals surface area (Å²) in [6, 6.07) is 2.86. The second-order valence-corrected chi connectivity index (χ2v) is 4.50. The lowest BCUT2D eigenvalue weighted by Gasteiger charge is -2.15. The molecule has 8 heteroatoms. The summed E-state index contributed by atoms with van der Waals surface area (Å²) in [6.45, 7) is 1.74. The number of anilines is 1. The largest absolute Gasteiger partial charge is 0.480 e. The minimum atomic E-state index is -1.39. The summed E-state index contributed by atoms with van der Waals surface area (Å²) in [4.78, 5) is 33.3. The fourth-order valence-corrected chi connectivity index (χ4v) is 1.77. The molecule has 0 saturated carbocycles. The average molecular weight is 300 g/mol. The number of hydrogen-bond donors (Lipinski definition) is 4. The van der Waals surface area contributed by atoms with Crippen LogP contribution in [-0.4, -0.2) is 29.1 Å². The van der Waals surface area contributed by atoms with E-state index in [0.717, 1.165) is 5.56 Å². The molecule has 1 atom stereocenters. The molecule has 0 aliphatic carbocycles. The van der Waals surface area contributed by atoms with E-state index in [1.54, 1.807) is 25.1 Å². The third-order valence-electron chi connectivity index (χ3n) is 2.47. The molecule has 20 heavy (non-hydrogen) atoms. The number of primary amides is 1. The molecule has 0 aliphatic heterocycles. The quantitative estimate of drug-likeness (QED) is 0.650. The van der Waals surface area contributed by atoms with Crippen molar-refractivity contribution in [2.75, 3.05) is 5.32 Å². The standard InChI is InChI=1S/C12H14ClN3O4/c1-6-3-2-4-7(13)10(6)16-12(20)15-8(11(18)19)5-9(14)17/h2-4,8H,5H2,1H3,(H2,14,17)(H,18,19)(H2,15,16,20). The molecule has 7 nitrogen and oxygen atoms in total. The first-order valence-electron chi connectivity index (χ1n) is 5.65. The van der Waals surface area contributed by atoms with Crippen molar-refractivity contribution in [2.45, 2.75) is 19.4 Å². The van der Waals surface area contributed by atoms with Gasteiger partial charge in [0.2, 0.25) is 5.91 Å². The summed E-state index contributed by atoms with van der Waals surface area (Å²) < 4.78 is 0. The van der Waals surface area contributed by atoms with Crippen LogP contribution in [0.3, 0.4) is 0 Å². The number of urea groups is 1. The molecule has 1 aromatic carbocycles. The third kappa shape index (κ3) is 4.43. The molecule has 0 spiro atoms. The first-order chi connectivity index (χ1) is 9.31. The Hall–Kier alpha value is -2.28. The number of carboxylic acids is 1. The van der Waals surface area contributed by atoms with Gasteiger partial charge in [-0.1, -0.05) is 23.7 Å². The van der Waals surface area contributed by atoms with Crippen LogP contribution in [0.4, 0.5) is 10.5 Å². The van der Waals surface area contributed by atoms with E-state index >= 15 is 0 Å². The van der Waals surface area contributed by atoms with E-state index in [9.17, 15) is 14.4 Å². The Morgan fingerprint density at radius 3 is 2.55 bits per heavy atom. The van der Waals surface area contributed by atoms with E-state index in [-0.39, 0.29) is 0 Å². The summed E-state index contributed by atoms with van der Waals surface area (Å²) in [5, 5.41) is 13.8. The lowest BCUT2D eigenvalue weighted by molar-refractivity contribution is -0.140. The Morgan fingerprint density at radius 1 is 1.40 bits per heavy atom. The number of aliphatic carboxylic acids is 1. The van der Waals surface area contributed by atoms with Gasteiger partial charge in [-0.3, -0.25) is 4.79 Å². The fourth-order valence-electron chi connectivity index (χ4n) is 1.50. The zero-order chi connectivity index (χ0) is 15.3. The summed E-state index contributed by atoms with van der Waals surface area (Å²) >= 11 is 5.92. The topological polar surface area (TPSA) is 122 Å². The first-order valence-corrected chi connectivity index (χ1v) is 6.02. The molecule has 0 bridgehead atoms. The molecule has 1 unspecified atom stereocenters. The third-order valence-corrected chi connectivity index (χ3v) is 2.78. The second kappa shape index (κ2) is 6.76. The van der Waals surface area contributed by atoms with Gasteiger partial charge in [0.05, 0.1) is 17.1 Å². The first kappa shape index (κ1) is 15.8. The Labute approximate surface area is 120 Å². The summed E-state index contributed by atoms with van der Waals surface area (Å²) in [7, 11) is 0. The minimum absolute atomic E-state index is 0.321. The van der Waals surface area contributed by atoms with Crippen LogP contribution in [0.25, 0.3) is 0 Å². The van der Waals surface area contributed by atoms with Gasteiger partial charge in [-0.15, -0.1) is 0 Å². The second-order valence-electron chi connectivity index (χ2n) is 4.09. The Bertz CT molecular complexity index is 527. The highest BCUT2D eigenvalue weighted by molar-refractivity contribution is 6.33. The fraction of sp³-hybridized carbons (Fsp3) is 0.250. The van der Waals surface area contributed by atoms with Crippen molar-refractivity contribution in [1.82, 2.24) is 5.32 Å². The van der Waals surface area contributed by atoms with Crippen LogP contribution in [0, 0.1) is 6.92 Å². The molecule has 0 fully saturated rings. The van der Waals surface area contributed by atoms with Crippen LogP contribution in [0.5, 0.6) is 0 Å². The Balaban J connectivity index is 2.76. The molecule has 0 radical (unpaired) electrons. The number of carbonyl (C=O) groups excluding carboxylic acids is 2. The highest BCUT2D eigenvalue weighted by atomic mass is 35.5. The van der Waals surface area contributed by atoms with Gasteiger partial charge in [-0.05, 0) is 18.6 Å². The number of rotatable bonds is 5. The van der Waals surface area contributed by atoms with Crippen molar-refractivity contribution in [1.29, 1.82) is 0 Å². The number of aryl methyl sites for hydroxylation is 1. The van der Waals surface area contributed by atoms with Crippen LogP contribution >= 0.6 is 11.6 Å². The van der Waals surface area contributed by atoms with Crippen LogP contribution in [0.15, 0.2) is 18.2 Å². The van der Waals surface area contributed by atoms with Gasteiger partial charge in [0, 0.05) is 0 Å². The molecule has 0 saturated heterocycles. The highest BCUT2D eigenvalue weighted by Crippen LogP contribution is 2.24. The van der Waals surface area contributed by atoms with Gasteiger partial charge >= 0.3 is 12.0 Å². The molecule has 1 rings (SSSR count). The molecule has 0 heterocycles. The lowest BCUT2D eigenvalue weighted by Crippen LogP contribution is -2.45. The SMILES string of the molecule is Cc1cccc(Cl)c1NC(=O)NC(CC(N)=O)C(=O)O. The molecule has 1 aromatic rings. The van der Waals surface area contributed by atoms with Crippen molar-refractivity contribution in [3.8, 4) is 0 Å². The predicted octanol–water partition coefficient (Wildman–Crippen LogP) is 1.10. The van der Waals surface area contributed by atoms with Gasteiger partial charge in [0.25, 0.3) is 0 Å². The molecule has 0 aliphatic rings. The van der Waals surface area contributed by atoms with Crippen LogP contribution in [0.1, 0.15) is 12.0 Å². The Kier molecular flexibility index (Phi) is 5.33. The van der Waals surface area contributed by atoms with Gasteiger partial charge in [0.15, 0.2) is 0 Å². The molecule has 108 valence electrons. The molecule has 3 amide bonds. The van der Waals surface area contributed by atoms with Crippen molar-refractivity contribution in [2.24, 2.45) is 5.73 Å². The van der Waals surface area contributed by atoms with Gasteiger partial charge in [0.1, 0.15) is 6.04 Å². The molecular weight excluding hydrogens is 286 g/mol. The zero-order valence-electron chi connectivity index (χ0n) is 10.6. The minimum Gasteiger partial charge on any atom is -0.480 e. The zero-order valence-corrected chi connectivity index (χ0v) is 11.4.